The fourth-order valence-corrected chi connectivity index (χ4v) is 2.88. The SMILES string of the molecule is CC(C)(C)CC(CN)C(=O)NC1(C)CCCCC1. The number of rotatable bonds is 4. The van der Waals surface area contributed by atoms with Gasteiger partial charge in [0.25, 0.3) is 0 Å². The first kappa shape index (κ1) is 15.5. The van der Waals surface area contributed by atoms with Gasteiger partial charge in [-0.25, -0.2) is 0 Å². The molecule has 106 valence electrons. The van der Waals surface area contributed by atoms with Crippen LogP contribution < -0.4 is 11.1 Å². The standard InChI is InChI=1S/C15H30N2O/c1-14(2,3)10-12(11-16)13(18)17-15(4)8-6-5-7-9-15/h12H,5-11,16H2,1-4H3,(H,17,18). The number of hydrogen-bond acceptors (Lipinski definition) is 2. The number of carbonyl (C=O) groups excluding carboxylic acids is 1. The summed E-state index contributed by atoms with van der Waals surface area (Å²) in [5, 5.41) is 3.25. The summed E-state index contributed by atoms with van der Waals surface area (Å²) in [6, 6.07) is 0. The molecule has 0 spiro atoms. The Morgan fingerprint density at radius 3 is 2.28 bits per heavy atom. The maximum absolute atomic E-state index is 12.3. The van der Waals surface area contributed by atoms with Crippen LogP contribution in [0.1, 0.15) is 66.2 Å². The van der Waals surface area contributed by atoms with Crippen molar-refractivity contribution in [3.63, 3.8) is 0 Å². The first-order chi connectivity index (χ1) is 8.26. The van der Waals surface area contributed by atoms with Crippen LogP contribution in [0.4, 0.5) is 0 Å². The van der Waals surface area contributed by atoms with Gasteiger partial charge in [-0.05, 0) is 31.6 Å². The first-order valence-electron chi connectivity index (χ1n) is 7.28. The van der Waals surface area contributed by atoms with E-state index >= 15 is 0 Å². The van der Waals surface area contributed by atoms with Crippen molar-refractivity contribution in [2.45, 2.75) is 71.8 Å². The lowest BCUT2D eigenvalue weighted by Crippen LogP contribution is -2.50. The lowest BCUT2D eigenvalue weighted by atomic mass is 9.81. The van der Waals surface area contributed by atoms with E-state index in [2.05, 4.69) is 33.0 Å². The lowest BCUT2D eigenvalue weighted by Gasteiger charge is -2.36. The van der Waals surface area contributed by atoms with E-state index in [4.69, 9.17) is 5.73 Å². The molecule has 1 atom stereocenters. The van der Waals surface area contributed by atoms with Crippen molar-refractivity contribution in [1.82, 2.24) is 5.32 Å². The third-order valence-corrected chi connectivity index (χ3v) is 3.90. The molecule has 0 heterocycles. The summed E-state index contributed by atoms with van der Waals surface area (Å²) < 4.78 is 0. The van der Waals surface area contributed by atoms with Gasteiger partial charge in [-0.3, -0.25) is 4.79 Å². The number of hydrogen-bond donors (Lipinski definition) is 2. The fraction of sp³-hybridized carbons (Fsp3) is 0.933. The van der Waals surface area contributed by atoms with Crippen LogP contribution >= 0.6 is 0 Å². The fourth-order valence-electron chi connectivity index (χ4n) is 2.88. The monoisotopic (exact) mass is 254 g/mol. The Balaban J connectivity index is 2.56. The Labute approximate surface area is 112 Å². The first-order valence-corrected chi connectivity index (χ1v) is 7.28. The summed E-state index contributed by atoms with van der Waals surface area (Å²) in [5.74, 6) is 0.0978. The minimum Gasteiger partial charge on any atom is -0.351 e. The van der Waals surface area contributed by atoms with Crippen LogP contribution in [0.25, 0.3) is 0 Å². The molecule has 0 aromatic carbocycles. The van der Waals surface area contributed by atoms with Crippen molar-refractivity contribution < 1.29 is 4.79 Å². The van der Waals surface area contributed by atoms with Gasteiger partial charge in [0.15, 0.2) is 0 Å². The van der Waals surface area contributed by atoms with E-state index in [1.165, 1.54) is 19.3 Å². The summed E-state index contributed by atoms with van der Waals surface area (Å²) in [4.78, 5) is 12.3. The van der Waals surface area contributed by atoms with Crippen LogP contribution in [0.2, 0.25) is 0 Å². The Bertz CT molecular complexity index is 275. The van der Waals surface area contributed by atoms with Crippen LogP contribution in [0.15, 0.2) is 0 Å². The van der Waals surface area contributed by atoms with E-state index in [1.807, 2.05) is 0 Å². The Kier molecular flexibility index (Phi) is 5.20. The second-order valence-corrected chi connectivity index (χ2v) is 7.31. The molecule has 0 bridgehead atoms. The summed E-state index contributed by atoms with van der Waals surface area (Å²) >= 11 is 0. The van der Waals surface area contributed by atoms with Gasteiger partial charge in [-0.2, -0.15) is 0 Å². The molecule has 3 heteroatoms. The molecule has 0 aromatic heterocycles. The molecule has 18 heavy (non-hydrogen) atoms. The highest BCUT2D eigenvalue weighted by Crippen LogP contribution is 2.29. The van der Waals surface area contributed by atoms with Gasteiger partial charge in [0.1, 0.15) is 0 Å². The minimum absolute atomic E-state index is 0.000633. The normalized spacial score (nSPS) is 21.4. The minimum atomic E-state index is -0.0521. The van der Waals surface area contributed by atoms with Crippen molar-refractivity contribution in [2.75, 3.05) is 6.54 Å². The maximum atomic E-state index is 12.3. The second-order valence-electron chi connectivity index (χ2n) is 7.31. The van der Waals surface area contributed by atoms with Crippen molar-refractivity contribution in [3.8, 4) is 0 Å². The van der Waals surface area contributed by atoms with Crippen LogP contribution in [0.3, 0.4) is 0 Å². The number of carbonyl (C=O) groups is 1. The van der Waals surface area contributed by atoms with Gasteiger partial charge in [-0.1, -0.05) is 40.0 Å². The molecule has 1 aliphatic carbocycles. The predicted molar refractivity (Wildman–Crippen MR) is 76.2 cm³/mol. The molecule has 0 saturated heterocycles. The Morgan fingerprint density at radius 2 is 1.83 bits per heavy atom. The van der Waals surface area contributed by atoms with Gasteiger partial charge in [-0.15, -0.1) is 0 Å². The average molecular weight is 254 g/mol. The second kappa shape index (κ2) is 6.05. The number of nitrogens with one attached hydrogen (secondary N) is 1. The molecular formula is C15H30N2O. The van der Waals surface area contributed by atoms with E-state index in [-0.39, 0.29) is 22.8 Å². The zero-order chi connectivity index (χ0) is 13.8. The highest BCUT2D eigenvalue weighted by atomic mass is 16.2. The predicted octanol–water partition coefficient (Wildman–Crippen LogP) is 2.84. The summed E-state index contributed by atoms with van der Waals surface area (Å²) in [5.41, 5.74) is 5.92. The smallest absolute Gasteiger partial charge is 0.224 e. The Morgan fingerprint density at radius 1 is 1.28 bits per heavy atom. The molecule has 1 fully saturated rings. The zero-order valence-electron chi connectivity index (χ0n) is 12.5. The van der Waals surface area contributed by atoms with Crippen LogP contribution in [-0.2, 0) is 4.79 Å². The van der Waals surface area contributed by atoms with Gasteiger partial charge in [0.2, 0.25) is 5.91 Å². The third-order valence-electron chi connectivity index (χ3n) is 3.90. The van der Waals surface area contributed by atoms with E-state index in [1.54, 1.807) is 0 Å². The quantitative estimate of drug-likeness (QED) is 0.810. The summed E-state index contributed by atoms with van der Waals surface area (Å²) in [7, 11) is 0. The van der Waals surface area contributed by atoms with Gasteiger partial charge < -0.3 is 11.1 Å². The Hall–Kier alpha value is -0.570. The molecular weight excluding hydrogens is 224 g/mol. The molecule has 1 rings (SSSR count). The molecule has 1 saturated carbocycles. The average Bonchev–Trinajstić information content (AvgIpc) is 2.25. The summed E-state index contributed by atoms with van der Waals surface area (Å²) in [6.07, 6.45) is 6.81. The highest BCUT2D eigenvalue weighted by Gasteiger charge is 2.32. The van der Waals surface area contributed by atoms with Gasteiger partial charge in [0.05, 0.1) is 5.92 Å². The number of amides is 1. The van der Waals surface area contributed by atoms with Crippen LogP contribution in [-0.4, -0.2) is 18.0 Å². The van der Waals surface area contributed by atoms with E-state index in [9.17, 15) is 4.79 Å². The zero-order valence-corrected chi connectivity index (χ0v) is 12.5. The number of nitrogens with two attached hydrogens (primary N) is 1. The van der Waals surface area contributed by atoms with Crippen molar-refractivity contribution >= 4 is 5.91 Å². The molecule has 3 N–H and O–H groups in total. The lowest BCUT2D eigenvalue weighted by molar-refractivity contribution is -0.127. The van der Waals surface area contributed by atoms with Gasteiger partial charge >= 0.3 is 0 Å². The molecule has 3 nitrogen and oxygen atoms in total. The summed E-state index contributed by atoms with van der Waals surface area (Å²) in [6.45, 7) is 9.09. The van der Waals surface area contributed by atoms with E-state index < -0.39 is 0 Å². The largest absolute Gasteiger partial charge is 0.351 e. The molecule has 1 unspecified atom stereocenters. The molecule has 1 aliphatic rings. The highest BCUT2D eigenvalue weighted by molar-refractivity contribution is 5.79. The maximum Gasteiger partial charge on any atom is 0.224 e. The topological polar surface area (TPSA) is 55.1 Å². The molecule has 0 radical (unpaired) electrons. The van der Waals surface area contributed by atoms with E-state index in [0.717, 1.165) is 19.3 Å². The van der Waals surface area contributed by atoms with Gasteiger partial charge in [0, 0.05) is 12.1 Å². The molecule has 0 aliphatic heterocycles. The van der Waals surface area contributed by atoms with Crippen LogP contribution in [0, 0.1) is 11.3 Å². The molecule has 0 aromatic rings. The molecule has 1 amide bonds. The van der Waals surface area contributed by atoms with Crippen molar-refractivity contribution in [2.24, 2.45) is 17.1 Å². The van der Waals surface area contributed by atoms with Crippen molar-refractivity contribution in [3.05, 3.63) is 0 Å². The van der Waals surface area contributed by atoms with E-state index in [0.29, 0.717) is 6.54 Å². The third kappa shape index (κ3) is 4.97. The van der Waals surface area contributed by atoms with Crippen molar-refractivity contribution in [1.29, 1.82) is 0 Å². The van der Waals surface area contributed by atoms with Crippen LogP contribution in [0.5, 0.6) is 0 Å².